The molecule has 0 unspecified atom stereocenters. The Balaban J connectivity index is 1.69. The Hall–Kier alpha value is -3.16. The number of amides is 2. The predicted octanol–water partition coefficient (Wildman–Crippen LogP) is 3.43. The Morgan fingerprint density at radius 1 is 1.04 bits per heavy atom. The van der Waals surface area contributed by atoms with Gasteiger partial charge in [-0.25, -0.2) is 4.79 Å². The molecule has 2 aromatic carbocycles. The van der Waals surface area contributed by atoms with E-state index in [0.717, 1.165) is 17.0 Å². The Morgan fingerprint density at radius 3 is 2.19 bits per heavy atom. The number of hydrogen-bond donors (Lipinski definition) is 0. The molecule has 0 aliphatic carbocycles. The molecule has 0 saturated carbocycles. The molecule has 2 amide bonds. The second-order valence-electron chi connectivity index (χ2n) is 6.01. The van der Waals surface area contributed by atoms with E-state index in [1.807, 2.05) is 0 Å². The van der Waals surface area contributed by atoms with E-state index < -0.39 is 42.2 Å². The Morgan fingerprint density at radius 2 is 1.63 bits per heavy atom. The summed E-state index contributed by atoms with van der Waals surface area (Å²) in [6.45, 7) is 0.923. The molecular formula is C19H14F3NO4. The third-order valence-electron chi connectivity index (χ3n) is 4.19. The van der Waals surface area contributed by atoms with Crippen molar-refractivity contribution in [2.45, 2.75) is 25.7 Å². The lowest BCUT2D eigenvalue weighted by atomic mass is 10.1. The van der Waals surface area contributed by atoms with Gasteiger partial charge in [-0.15, -0.1) is 0 Å². The smallest absolute Gasteiger partial charge is 0.416 e. The Bertz CT molecular complexity index is 888. The van der Waals surface area contributed by atoms with E-state index in [4.69, 9.17) is 4.74 Å². The second kappa shape index (κ2) is 6.86. The third-order valence-corrected chi connectivity index (χ3v) is 4.19. The molecule has 5 nitrogen and oxygen atoms in total. The summed E-state index contributed by atoms with van der Waals surface area (Å²) < 4.78 is 43.2. The van der Waals surface area contributed by atoms with Crippen LogP contribution in [0, 0.1) is 0 Å². The van der Waals surface area contributed by atoms with Gasteiger partial charge in [0.05, 0.1) is 16.7 Å². The number of fused-ring (bicyclic) bond motifs is 1. The first-order chi connectivity index (χ1) is 12.7. The van der Waals surface area contributed by atoms with Gasteiger partial charge in [-0.1, -0.05) is 24.3 Å². The van der Waals surface area contributed by atoms with Crippen molar-refractivity contribution < 1.29 is 32.3 Å². The average Bonchev–Trinajstić information content (AvgIpc) is 2.90. The lowest BCUT2D eigenvalue weighted by molar-refractivity contribution is -0.149. The van der Waals surface area contributed by atoms with Crippen molar-refractivity contribution in [1.82, 2.24) is 4.90 Å². The number of halogens is 3. The summed E-state index contributed by atoms with van der Waals surface area (Å²) in [5.41, 5.74) is -0.322. The highest BCUT2D eigenvalue weighted by Gasteiger charge is 2.41. The van der Waals surface area contributed by atoms with Crippen LogP contribution in [-0.2, 0) is 22.3 Å². The molecule has 8 heteroatoms. The summed E-state index contributed by atoms with van der Waals surface area (Å²) >= 11 is 0. The zero-order chi connectivity index (χ0) is 19.8. The molecular weight excluding hydrogens is 363 g/mol. The molecule has 0 saturated heterocycles. The van der Waals surface area contributed by atoms with Gasteiger partial charge in [0.1, 0.15) is 12.6 Å². The monoisotopic (exact) mass is 377 g/mol. The number of ether oxygens (including phenoxy) is 1. The van der Waals surface area contributed by atoms with Crippen LogP contribution >= 0.6 is 0 Å². The summed E-state index contributed by atoms with van der Waals surface area (Å²) in [6.07, 6.45) is -4.51. The summed E-state index contributed by atoms with van der Waals surface area (Å²) in [5.74, 6) is -2.11. The van der Waals surface area contributed by atoms with Crippen LogP contribution in [0.4, 0.5) is 13.2 Å². The molecule has 0 fully saturated rings. The molecule has 1 atom stereocenters. The van der Waals surface area contributed by atoms with E-state index in [9.17, 15) is 27.6 Å². The SMILES string of the molecule is C[C@@H](C(=O)OCc1cccc(C(F)(F)F)c1)N1C(=O)c2ccccc2C1=O. The summed E-state index contributed by atoms with van der Waals surface area (Å²) in [4.78, 5) is 37.7. The van der Waals surface area contributed by atoms with Crippen LogP contribution in [0.2, 0.25) is 0 Å². The molecule has 2 aromatic rings. The third kappa shape index (κ3) is 3.55. The summed E-state index contributed by atoms with van der Waals surface area (Å²) in [6, 6.07) is 9.34. The molecule has 1 aliphatic heterocycles. The highest BCUT2D eigenvalue weighted by atomic mass is 19.4. The van der Waals surface area contributed by atoms with Crippen LogP contribution in [0.25, 0.3) is 0 Å². The predicted molar refractivity (Wildman–Crippen MR) is 87.6 cm³/mol. The van der Waals surface area contributed by atoms with E-state index >= 15 is 0 Å². The molecule has 0 aromatic heterocycles. The molecule has 3 rings (SSSR count). The first-order valence-electron chi connectivity index (χ1n) is 8.00. The zero-order valence-electron chi connectivity index (χ0n) is 14.1. The number of carbonyl (C=O) groups is 3. The molecule has 0 N–H and O–H groups in total. The number of benzene rings is 2. The van der Waals surface area contributed by atoms with Crippen molar-refractivity contribution in [2.24, 2.45) is 0 Å². The number of alkyl halides is 3. The van der Waals surface area contributed by atoms with Gasteiger partial charge in [0.25, 0.3) is 11.8 Å². The van der Waals surface area contributed by atoms with Gasteiger partial charge in [0.15, 0.2) is 0 Å². The number of hydrogen-bond acceptors (Lipinski definition) is 4. The van der Waals surface area contributed by atoms with E-state index in [-0.39, 0.29) is 16.7 Å². The molecule has 0 radical (unpaired) electrons. The van der Waals surface area contributed by atoms with Gasteiger partial charge in [-0.3, -0.25) is 14.5 Å². The molecule has 1 aliphatic rings. The van der Waals surface area contributed by atoms with Crippen LogP contribution in [0.15, 0.2) is 48.5 Å². The van der Waals surface area contributed by atoms with Crippen LogP contribution < -0.4 is 0 Å². The van der Waals surface area contributed by atoms with E-state index in [2.05, 4.69) is 0 Å². The van der Waals surface area contributed by atoms with Crippen LogP contribution in [0.5, 0.6) is 0 Å². The minimum absolute atomic E-state index is 0.146. The molecule has 0 bridgehead atoms. The number of esters is 1. The van der Waals surface area contributed by atoms with Crippen molar-refractivity contribution in [2.75, 3.05) is 0 Å². The number of carbonyl (C=O) groups excluding carboxylic acids is 3. The summed E-state index contributed by atoms with van der Waals surface area (Å²) in [7, 11) is 0. The zero-order valence-corrected chi connectivity index (χ0v) is 14.1. The molecule has 1 heterocycles. The maximum Gasteiger partial charge on any atom is 0.416 e. The fraction of sp³-hybridized carbons (Fsp3) is 0.211. The van der Waals surface area contributed by atoms with Crippen molar-refractivity contribution in [3.8, 4) is 0 Å². The molecule has 140 valence electrons. The van der Waals surface area contributed by atoms with Gasteiger partial charge < -0.3 is 4.74 Å². The van der Waals surface area contributed by atoms with Crippen molar-refractivity contribution in [3.05, 3.63) is 70.8 Å². The highest BCUT2D eigenvalue weighted by molar-refractivity contribution is 6.22. The Labute approximate surface area is 152 Å². The van der Waals surface area contributed by atoms with E-state index in [1.54, 1.807) is 12.1 Å². The van der Waals surface area contributed by atoms with Crippen LogP contribution in [-0.4, -0.2) is 28.7 Å². The quantitative estimate of drug-likeness (QED) is 0.605. The highest BCUT2D eigenvalue weighted by Crippen LogP contribution is 2.30. The van der Waals surface area contributed by atoms with Crippen molar-refractivity contribution in [3.63, 3.8) is 0 Å². The Kier molecular flexibility index (Phi) is 4.73. The number of rotatable bonds is 4. The van der Waals surface area contributed by atoms with Crippen LogP contribution in [0.3, 0.4) is 0 Å². The molecule has 0 spiro atoms. The lowest BCUT2D eigenvalue weighted by Crippen LogP contribution is -2.43. The van der Waals surface area contributed by atoms with E-state index in [0.29, 0.717) is 0 Å². The maximum absolute atomic E-state index is 12.7. The van der Waals surface area contributed by atoms with Gasteiger partial charge in [0.2, 0.25) is 0 Å². The minimum Gasteiger partial charge on any atom is -0.459 e. The lowest BCUT2D eigenvalue weighted by Gasteiger charge is -2.21. The van der Waals surface area contributed by atoms with Gasteiger partial charge in [-0.05, 0) is 36.8 Å². The van der Waals surface area contributed by atoms with Gasteiger partial charge >= 0.3 is 12.1 Å². The van der Waals surface area contributed by atoms with Crippen molar-refractivity contribution in [1.29, 1.82) is 0 Å². The number of nitrogens with zero attached hydrogens (tertiary/aromatic N) is 1. The van der Waals surface area contributed by atoms with Crippen LogP contribution in [0.1, 0.15) is 38.8 Å². The largest absolute Gasteiger partial charge is 0.459 e. The molecule has 27 heavy (non-hydrogen) atoms. The van der Waals surface area contributed by atoms with Gasteiger partial charge in [-0.2, -0.15) is 13.2 Å². The number of imide groups is 1. The second-order valence-corrected chi connectivity index (χ2v) is 6.01. The normalized spacial score (nSPS) is 14.9. The first kappa shape index (κ1) is 18.6. The van der Waals surface area contributed by atoms with E-state index in [1.165, 1.54) is 31.2 Å². The topological polar surface area (TPSA) is 63.7 Å². The fourth-order valence-electron chi connectivity index (χ4n) is 2.78. The average molecular weight is 377 g/mol. The first-order valence-corrected chi connectivity index (χ1v) is 8.00. The van der Waals surface area contributed by atoms with Gasteiger partial charge in [0, 0.05) is 0 Å². The van der Waals surface area contributed by atoms with Crippen molar-refractivity contribution >= 4 is 17.8 Å². The maximum atomic E-state index is 12.7. The standard InChI is InChI=1S/C19H14F3NO4/c1-11(23-16(24)14-7-2-3-8-15(14)17(23)25)18(26)27-10-12-5-4-6-13(9-12)19(20,21)22/h2-9,11H,10H2,1H3/t11-/m0/s1. The summed E-state index contributed by atoms with van der Waals surface area (Å²) in [5, 5.41) is 0. The fourth-order valence-corrected chi connectivity index (χ4v) is 2.78. The minimum atomic E-state index is -4.51.